The van der Waals surface area contributed by atoms with Crippen LogP contribution in [0.2, 0.25) is 0 Å². The SMILES string of the molecule is C=CCN1C(=O)c2oc3ccc(C)cc3c(=O)c2[C@H]1c1ccc(OC)c(OC)c1. The van der Waals surface area contributed by atoms with E-state index >= 15 is 0 Å². The minimum Gasteiger partial charge on any atom is -0.493 e. The number of hydrogen-bond donors (Lipinski definition) is 0. The third-order valence-electron chi connectivity index (χ3n) is 5.17. The summed E-state index contributed by atoms with van der Waals surface area (Å²) in [7, 11) is 3.10. The van der Waals surface area contributed by atoms with E-state index in [0.717, 1.165) is 11.1 Å². The summed E-state index contributed by atoms with van der Waals surface area (Å²) >= 11 is 0. The maximum absolute atomic E-state index is 13.4. The molecule has 0 saturated heterocycles. The van der Waals surface area contributed by atoms with Crippen LogP contribution in [0, 0.1) is 6.92 Å². The Labute approximate surface area is 168 Å². The molecule has 1 aliphatic heterocycles. The van der Waals surface area contributed by atoms with Gasteiger partial charge in [0.25, 0.3) is 5.91 Å². The Kier molecular flexibility index (Phi) is 4.62. The van der Waals surface area contributed by atoms with Crippen LogP contribution in [0.25, 0.3) is 11.0 Å². The summed E-state index contributed by atoms with van der Waals surface area (Å²) in [5, 5.41) is 0.461. The van der Waals surface area contributed by atoms with Gasteiger partial charge in [0, 0.05) is 6.54 Å². The highest BCUT2D eigenvalue weighted by molar-refractivity contribution is 5.99. The summed E-state index contributed by atoms with van der Waals surface area (Å²) in [6, 6.07) is 10.1. The van der Waals surface area contributed by atoms with Crippen LogP contribution in [0.3, 0.4) is 0 Å². The Morgan fingerprint density at radius 1 is 1.10 bits per heavy atom. The number of rotatable bonds is 5. The minimum atomic E-state index is -0.600. The Morgan fingerprint density at radius 2 is 1.86 bits per heavy atom. The highest BCUT2D eigenvalue weighted by Gasteiger charge is 2.42. The van der Waals surface area contributed by atoms with Crippen molar-refractivity contribution in [3.05, 3.63) is 81.7 Å². The third-order valence-corrected chi connectivity index (χ3v) is 5.17. The first-order valence-corrected chi connectivity index (χ1v) is 9.21. The van der Waals surface area contributed by atoms with E-state index in [4.69, 9.17) is 13.9 Å². The number of carbonyl (C=O) groups excluding carboxylic acids is 1. The van der Waals surface area contributed by atoms with Crippen molar-refractivity contribution >= 4 is 16.9 Å². The molecule has 2 heterocycles. The first kappa shape index (κ1) is 18.8. The highest BCUT2D eigenvalue weighted by Crippen LogP contribution is 2.40. The number of benzene rings is 2. The van der Waals surface area contributed by atoms with E-state index in [9.17, 15) is 9.59 Å². The van der Waals surface area contributed by atoms with Gasteiger partial charge in [0.15, 0.2) is 16.9 Å². The van der Waals surface area contributed by atoms with Crippen LogP contribution in [-0.2, 0) is 0 Å². The lowest BCUT2D eigenvalue weighted by Gasteiger charge is -2.24. The molecule has 0 radical (unpaired) electrons. The van der Waals surface area contributed by atoms with Crippen LogP contribution in [0.1, 0.15) is 33.3 Å². The Balaban J connectivity index is 2.00. The predicted octanol–water partition coefficient (Wildman–Crippen LogP) is 3.85. The Morgan fingerprint density at radius 3 is 2.55 bits per heavy atom. The quantitative estimate of drug-likeness (QED) is 0.618. The van der Waals surface area contributed by atoms with E-state index in [1.54, 1.807) is 49.5 Å². The molecule has 0 aliphatic carbocycles. The zero-order valence-electron chi connectivity index (χ0n) is 16.5. The van der Waals surface area contributed by atoms with Gasteiger partial charge >= 0.3 is 0 Å². The van der Waals surface area contributed by atoms with Crippen molar-refractivity contribution in [3.63, 3.8) is 0 Å². The molecule has 0 N–H and O–H groups in total. The van der Waals surface area contributed by atoms with Crippen LogP contribution in [0.5, 0.6) is 11.5 Å². The summed E-state index contributed by atoms with van der Waals surface area (Å²) in [4.78, 5) is 28.1. The van der Waals surface area contributed by atoms with Gasteiger partial charge in [-0.05, 0) is 36.8 Å². The second kappa shape index (κ2) is 7.13. The van der Waals surface area contributed by atoms with Gasteiger partial charge in [0.05, 0.1) is 31.2 Å². The lowest BCUT2D eigenvalue weighted by Crippen LogP contribution is -2.29. The Bertz CT molecular complexity index is 1190. The van der Waals surface area contributed by atoms with Crippen molar-refractivity contribution in [2.75, 3.05) is 20.8 Å². The van der Waals surface area contributed by atoms with E-state index in [-0.39, 0.29) is 23.6 Å². The average Bonchev–Trinajstić information content (AvgIpc) is 3.00. The molecule has 0 unspecified atom stereocenters. The monoisotopic (exact) mass is 391 g/mol. The van der Waals surface area contributed by atoms with E-state index in [1.807, 2.05) is 19.1 Å². The molecule has 1 amide bonds. The van der Waals surface area contributed by atoms with Crippen LogP contribution in [0.4, 0.5) is 0 Å². The predicted molar refractivity (Wildman–Crippen MR) is 110 cm³/mol. The molecule has 0 spiro atoms. The summed E-state index contributed by atoms with van der Waals surface area (Å²) < 4.78 is 16.6. The molecular formula is C23H21NO5. The van der Waals surface area contributed by atoms with Gasteiger partial charge in [-0.3, -0.25) is 9.59 Å². The van der Waals surface area contributed by atoms with Gasteiger partial charge in [-0.2, -0.15) is 0 Å². The second-order valence-corrected chi connectivity index (χ2v) is 6.94. The summed E-state index contributed by atoms with van der Waals surface area (Å²) in [5.74, 6) is 0.829. The zero-order chi connectivity index (χ0) is 20.7. The lowest BCUT2D eigenvalue weighted by atomic mass is 9.97. The van der Waals surface area contributed by atoms with Crippen molar-refractivity contribution < 1.29 is 18.7 Å². The number of nitrogens with zero attached hydrogens (tertiary/aromatic N) is 1. The molecule has 0 fully saturated rings. The maximum atomic E-state index is 13.4. The van der Waals surface area contributed by atoms with E-state index < -0.39 is 6.04 Å². The molecule has 6 nitrogen and oxygen atoms in total. The average molecular weight is 391 g/mol. The molecule has 0 bridgehead atoms. The maximum Gasteiger partial charge on any atom is 0.291 e. The number of aryl methyl sites for hydroxylation is 1. The third kappa shape index (κ3) is 2.88. The van der Waals surface area contributed by atoms with Crippen molar-refractivity contribution in [3.8, 4) is 11.5 Å². The lowest BCUT2D eigenvalue weighted by molar-refractivity contribution is 0.0748. The number of amides is 1. The number of hydrogen-bond acceptors (Lipinski definition) is 5. The second-order valence-electron chi connectivity index (χ2n) is 6.94. The fourth-order valence-electron chi connectivity index (χ4n) is 3.83. The molecule has 6 heteroatoms. The smallest absolute Gasteiger partial charge is 0.291 e. The van der Waals surface area contributed by atoms with Gasteiger partial charge in [0.1, 0.15) is 5.58 Å². The van der Waals surface area contributed by atoms with Crippen molar-refractivity contribution in [2.24, 2.45) is 0 Å². The molecule has 2 aromatic carbocycles. The fraction of sp³-hybridized carbons (Fsp3) is 0.217. The summed E-state index contributed by atoms with van der Waals surface area (Å²) in [5.41, 5.74) is 2.21. The molecular weight excluding hydrogens is 370 g/mol. The Hall–Kier alpha value is -3.54. The number of carbonyl (C=O) groups is 1. The molecule has 29 heavy (non-hydrogen) atoms. The molecule has 1 aromatic heterocycles. The molecule has 148 valence electrons. The molecule has 1 atom stereocenters. The first-order valence-electron chi connectivity index (χ1n) is 9.21. The molecule has 0 saturated carbocycles. The topological polar surface area (TPSA) is 69.0 Å². The molecule has 1 aliphatic rings. The zero-order valence-corrected chi connectivity index (χ0v) is 16.5. The van der Waals surface area contributed by atoms with Gasteiger partial charge in [-0.15, -0.1) is 6.58 Å². The van der Waals surface area contributed by atoms with Gasteiger partial charge < -0.3 is 18.8 Å². The molecule has 4 rings (SSSR count). The standard InChI is InChI=1S/C23H21NO5/c1-5-10-24-20(14-7-9-17(27-3)18(12-14)28-4)19-21(25)15-11-13(2)6-8-16(15)29-22(19)23(24)26/h5-9,11-12,20H,1,10H2,2-4H3/t20-/m1/s1. The van der Waals surface area contributed by atoms with Crippen LogP contribution in [0.15, 0.2) is 58.3 Å². The number of ether oxygens (including phenoxy) is 2. The van der Waals surface area contributed by atoms with E-state index in [2.05, 4.69) is 6.58 Å². The van der Waals surface area contributed by atoms with Gasteiger partial charge in [-0.1, -0.05) is 23.8 Å². The largest absolute Gasteiger partial charge is 0.493 e. The number of fused-ring (bicyclic) bond motifs is 2. The number of methoxy groups -OCH3 is 2. The van der Waals surface area contributed by atoms with Crippen LogP contribution >= 0.6 is 0 Å². The van der Waals surface area contributed by atoms with Gasteiger partial charge in [0.2, 0.25) is 5.76 Å². The van der Waals surface area contributed by atoms with Crippen molar-refractivity contribution in [2.45, 2.75) is 13.0 Å². The minimum absolute atomic E-state index is 0.0768. The van der Waals surface area contributed by atoms with E-state index in [0.29, 0.717) is 28.0 Å². The van der Waals surface area contributed by atoms with E-state index in [1.165, 1.54) is 0 Å². The van der Waals surface area contributed by atoms with Gasteiger partial charge in [-0.25, -0.2) is 0 Å². The normalized spacial score (nSPS) is 15.5. The fourth-order valence-corrected chi connectivity index (χ4v) is 3.83. The summed E-state index contributed by atoms with van der Waals surface area (Å²) in [6.45, 7) is 5.94. The van der Waals surface area contributed by atoms with Crippen LogP contribution in [-0.4, -0.2) is 31.6 Å². The van der Waals surface area contributed by atoms with Crippen LogP contribution < -0.4 is 14.9 Å². The van der Waals surface area contributed by atoms with Crippen molar-refractivity contribution in [1.82, 2.24) is 4.90 Å². The molecule has 3 aromatic rings. The highest BCUT2D eigenvalue weighted by atomic mass is 16.5. The van der Waals surface area contributed by atoms with Crippen molar-refractivity contribution in [1.29, 1.82) is 0 Å². The first-order chi connectivity index (χ1) is 14.0. The summed E-state index contributed by atoms with van der Waals surface area (Å²) in [6.07, 6.45) is 1.63.